The molecule has 0 amide bonds. The second kappa shape index (κ2) is 8.20. The van der Waals surface area contributed by atoms with Gasteiger partial charge in [-0.25, -0.2) is 9.97 Å². The van der Waals surface area contributed by atoms with Gasteiger partial charge in [0, 0.05) is 50.3 Å². The number of fused-ring (bicyclic) bond motifs is 2. The van der Waals surface area contributed by atoms with E-state index in [2.05, 4.69) is 65.4 Å². The van der Waals surface area contributed by atoms with Crippen LogP contribution in [0.25, 0.3) is 5.65 Å². The van der Waals surface area contributed by atoms with Crippen LogP contribution in [-0.4, -0.2) is 68.4 Å². The molecule has 1 fully saturated rings. The van der Waals surface area contributed by atoms with Crippen LogP contribution in [-0.2, 0) is 13.0 Å². The van der Waals surface area contributed by atoms with Crippen molar-refractivity contribution in [3.8, 4) is 0 Å². The molecule has 1 aliphatic carbocycles. The molecule has 4 heterocycles. The largest absolute Gasteiger partial charge is 0.339 e. The Morgan fingerprint density at radius 1 is 1.10 bits per heavy atom. The number of pyridine rings is 1. The van der Waals surface area contributed by atoms with Gasteiger partial charge in [-0.15, -0.1) is 0 Å². The number of nitrogens with zero attached hydrogens (tertiary/aromatic N) is 7. The number of likely N-dealkylation sites (N-methyl/N-ethyl adjacent to an activating group) is 1. The number of aryl methyl sites for hydroxylation is 1. The summed E-state index contributed by atoms with van der Waals surface area (Å²) in [5, 5.41) is 0. The molecule has 31 heavy (non-hydrogen) atoms. The number of anilines is 1. The molecule has 0 radical (unpaired) electrons. The SMILES string of the molecule is C[C@@H]1CN(c2nccc3nc(CN(C)[C@H]4CCCc5cccnc54)cn23)C[C@H](C)N1C. The predicted molar refractivity (Wildman–Crippen MR) is 123 cm³/mol. The Morgan fingerprint density at radius 2 is 1.90 bits per heavy atom. The van der Waals surface area contributed by atoms with Gasteiger partial charge in [0.15, 0.2) is 0 Å². The first-order valence-corrected chi connectivity index (χ1v) is 11.4. The first kappa shape index (κ1) is 20.4. The lowest BCUT2D eigenvalue weighted by Gasteiger charge is -2.42. The standard InChI is InChI=1S/C24H33N7/c1-17-13-30(14-18(2)29(17)4)24-26-12-10-22-27-20(16-31(22)24)15-28(3)21-9-5-7-19-8-6-11-25-23(19)21/h6,8,10-12,16-18,21H,5,7,9,13-15H2,1-4H3/t17-,18+,21-/m0/s1. The maximum atomic E-state index is 4.94. The van der Waals surface area contributed by atoms with Gasteiger partial charge in [0.2, 0.25) is 5.95 Å². The van der Waals surface area contributed by atoms with Crippen molar-refractivity contribution in [2.24, 2.45) is 0 Å². The van der Waals surface area contributed by atoms with E-state index in [0.29, 0.717) is 18.1 Å². The number of hydrogen-bond acceptors (Lipinski definition) is 6. The van der Waals surface area contributed by atoms with Crippen molar-refractivity contribution >= 4 is 11.6 Å². The summed E-state index contributed by atoms with van der Waals surface area (Å²) < 4.78 is 2.17. The average molecular weight is 420 g/mol. The predicted octanol–water partition coefficient (Wildman–Crippen LogP) is 3.16. The highest BCUT2D eigenvalue weighted by Crippen LogP contribution is 2.32. The lowest BCUT2D eigenvalue weighted by Crippen LogP contribution is -2.55. The Labute approximate surface area is 184 Å². The molecule has 3 atom stereocenters. The van der Waals surface area contributed by atoms with E-state index in [9.17, 15) is 0 Å². The molecule has 0 spiro atoms. The zero-order chi connectivity index (χ0) is 21.5. The Balaban J connectivity index is 1.39. The van der Waals surface area contributed by atoms with Crippen LogP contribution in [0.5, 0.6) is 0 Å². The fourth-order valence-corrected chi connectivity index (χ4v) is 5.21. The summed E-state index contributed by atoms with van der Waals surface area (Å²) in [6.45, 7) is 7.33. The second-order valence-electron chi connectivity index (χ2n) is 9.34. The zero-order valence-corrected chi connectivity index (χ0v) is 19.1. The Morgan fingerprint density at radius 3 is 2.71 bits per heavy atom. The molecule has 164 valence electrons. The van der Waals surface area contributed by atoms with E-state index in [0.717, 1.165) is 49.8 Å². The number of piperazine rings is 1. The van der Waals surface area contributed by atoms with E-state index in [1.165, 1.54) is 17.7 Å². The summed E-state index contributed by atoms with van der Waals surface area (Å²) >= 11 is 0. The van der Waals surface area contributed by atoms with Crippen LogP contribution in [0.15, 0.2) is 36.8 Å². The molecule has 0 bridgehead atoms. The molecule has 0 saturated carbocycles. The molecule has 3 aromatic heterocycles. The fraction of sp³-hybridized carbons (Fsp3) is 0.542. The zero-order valence-electron chi connectivity index (χ0n) is 19.1. The summed E-state index contributed by atoms with van der Waals surface area (Å²) in [4.78, 5) is 21.6. The molecule has 0 N–H and O–H groups in total. The van der Waals surface area contributed by atoms with Gasteiger partial charge in [0.1, 0.15) is 5.65 Å². The monoisotopic (exact) mass is 419 g/mol. The van der Waals surface area contributed by atoms with Crippen LogP contribution < -0.4 is 4.90 Å². The average Bonchev–Trinajstić information content (AvgIpc) is 3.19. The van der Waals surface area contributed by atoms with Crippen LogP contribution in [0.1, 0.15) is 49.7 Å². The smallest absolute Gasteiger partial charge is 0.211 e. The van der Waals surface area contributed by atoms with E-state index >= 15 is 0 Å². The number of hydrogen-bond donors (Lipinski definition) is 0. The van der Waals surface area contributed by atoms with Crippen molar-refractivity contribution in [1.29, 1.82) is 0 Å². The topological polar surface area (TPSA) is 52.8 Å². The third-order valence-corrected chi connectivity index (χ3v) is 7.16. The summed E-state index contributed by atoms with van der Waals surface area (Å²) in [6.07, 6.45) is 9.49. The second-order valence-corrected chi connectivity index (χ2v) is 9.34. The molecule has 3 aromatic rings. The van der Waals surface area contributed by atoms with E-state index in [-0.39, 0.29) is 0 Å². The molecule has 2 aliphatic rings. The van der Waals surface area contributed by atoms with E-state index in [4.69, 9.17) is 15.0 Å². The highest BCUT2D eigenvalue weighted by Gasteiger charge is 2.29. The summed E-state index contributed by atoms with van der Waals surface area (Å²) in [7, 11) is 4.41. The summed E-state index contributed by atoms with van der Waals surface area (Å²) in [6, 6.07) is 7.63. The maximum Gasteiger partial charge on any atom is 0.211 e. The minimum atomic E-state index is 0.353. The first-order chi connectivity index (χ1) is 15.0. The highest BCUT2D eigenvalue weighted by molar-refractivity contribution is 5.48. The molecule has 5 rings (SSSR count). The molecule has 0 aromatic carbocycles. The molecular formula is C24H33N7. The normalized spacial score (nSPS) is 24.7. The number of imidazole rings is 1. The van der Waals surface area contributed by atoms with Gasteiger partial charge >= 0.3 is 0 Å². The third kappa shape index (κ3) is 3.81. The Hall–Kier alpha value is -2.51. The minimum absolute atomic E-state index is 0.353. The molecule has 7 nitrogen and oxygen atoms in total. The summed E-state index contributed by atoms with van der Waals surface area (Å²) in [5.41, 5.74) is 4.68. The van der Waals surface area contributed by atoms with Crippen molar-refractivity contribution in [1.82, 2.24) is 29.2 Å². The van der Waals surface area contributed by atoms with Crippen LogP contribution in [0, 0.1) is 0 Å². The van der Waals surface area contributed by atoms with E-state index in [1.54, 1.807) is 0 Å². The van der Waals surface area contributed by atoms with Gasteiger partial charge in [-0.2, -0.15) is 0 Å². The van der Waals surface area contributed by atoms with Crippen molar-refractivity contribution in [3.05, 3.63) is 53.7 Å². The Bertz CT molecular complexity index is 1050. The minimum Gasteiger partial charge on any atom is -0.339 e. The lowest BCUT2D eigenvalue weighted by atomic mass is 9.91. The van der Waals surface area contributed by atoms with E-state index in [1.807, 2.05) is 18.5 Å². The lowest BCUT2D eigenvalue weighted by molar-refractivity contribution is 0.169. The Kier molecular flexibility index (Phi) is 5.40. The number of rotatable bonds is 4. The van der Waals surface area contributed by atoms with Crippen LogP contribution in [0.4, 0.5) is 5.95 Å². The molecule has 7 heteroatoms. The van der Waals surface area contributed by atoms with Crippen molar-refractivity contribution in [3.63, 3.8) is 0 Å². The fourth-order valence-electron chi connectivity index (χ4n) is 5.21. The summed E-state index contributed by atoms with van der Waals surface area (Å²) in [5.74, 6) is 0.996. The van der Waals surface area contributed by atoms with Gasteiger partial charge in [-0.3, -0.25) is 19.2 Å². The van der Waals surface area contributed by atoms with Crippen LogP contribution in [0.2, 0.25) is 0 Å². The molecular weight excluding hydrogens is 386 g/mol. The third-order valence-electron chi connectivity index (χ3n) is 7.16. The van der Waals surface area contributed by atoms with Crippen molar-refractivity contribution < 1.29 is 0 Å². The quantitative estimate of drug-likeness (QED) is 0.648. The van der Waals surface area contributed by atoms with Crippen molar-refractivity contribution in [2.75, 3.05) is 32.1 Å². The highest BCUT2D eigenvalue weighted by atomic mass is 15.4. The molecule has 1 aliphatic heterocycles. The van der Waals surface area contributed by atoms with Gasteiger partial charge in [0.25, 0.3) is 0 Å². The first-order valence-electron chi connectivity index (χ1n) is 11.4. The van der Waals surface area contributed by atoms with E-state index < -0.39 is 0 Å². The van der Waals surface area contributed by atoms with Crippen molar-refractivity contribution in [2.45, 2.75) is 57.8 Å². The number of aromatic nitrogens is 4. The maximum absolute atomic E-state index is 4.94. The van der Waals surface area contributed by atoms with Gasteiger partial charge < -0.3 is 4.90 Å². The van der Waals surface area contributed by atoms with Crippen LogP contribution in [0.3, 0.4) is 0 Å². The van der Waals surface area contributed by atoms with Crippen LogP contribution >= 0.6 is 0 Å². The van der Waals surface area contributed by atoms with Gasteiger partial charge in [0.05, 0.1) is 17.4 Å². The van der Waals surface area contributed by atoms with Gasteiger partial charge in [-0.05, 0) is 64.9 Å². The molecule has 0 unspecified atom stereocenters. The van der Waals surface area contributed by atoms with Gasteiger partial charge in [-0.1, -0.05) is 6.07 Å². The molecule has 1 saturated heterocycles.